The van der Waals surface area contributed by atoms with Crippen LogP contribution in [0.5, 0.6) is 0 Å². The van der Waals surface area contributed by atoms with Crippen LogP contribution < -0.4 is 10.5 Å². The first kappa shape index (κ1) is 16.2. The van der Waals surface area contributed by atoms with Crippen LogP contribution in [-0.2, 0) is 6.54 Å². The number of halogens is 2. The molecule has 2 heterocycles. The Hall–Kier alpha value is -1.66. The van der Waals surface area contributed by atoms with Gasteiger partial charge < -0.3 is 14.6 Å². The molecule has 1 aromatic heterocycles. The summed E-state index contributed by atoms with van der Waals surface area (Å²) in [6.07, 6.45) is 2.82. The average Bonchev–Trinajstić information content (AvgIpc) is 2.53. The molecule has 4 nitrogen and oxygen atoms in total. The third kappa shape index (κ3) is 3.82. The van der Waals surface area contributed by atoms with Crippen LogP contribution in [0.4, 0.5) is 10.1 Å². The minimum atomic E-state index is -0.902. The Morgan fingerprint density at radius 3 is 2.43 bits per heavy atom. The number of piperidine rings is 1. The molecule has 0 radical (unpaired) electrons. The predicted octanol–water partition coefficient (Wildman–Crippen LogP) is 2.78. The maximum absolute atomic E-state index is 13.0. The van der Waals surface area contributed by atoms with Gasteiger partial charge >= 0.3 is 0 Å². The number of nitrogens with zero attached hydrogens (tertiary/aromatic N) is 2. The molecule has 1 fully saturated rings. The SMILES string of the molecule is O=c1ccc(Br)cn1CC1(O)CCN(c2ccc(F)cc2)CC1. The Labute approximate surface area is 142 Å². The Balaban J connectivity index is 1.68. The maximum atomic E-state index is 13.0. The predicted molar refractivity (Wildman–Crippen MR) is 91.2 cm³/mol. The Morgan fingerprint density at radius 1 is 1.13 bits per heavy atom. The van der Waals surface area contributed by atoms with E-state index in [1.54, 1.807) is 24.4 Å². The molecule has 1 N–H and O–H groups in total. The quantitative estimate of drug-likeness (QED) is 0.890. The molecule has 1 aliphatic rings. The van der Waals surface area contributed by atoms with Crippen molar-refractivity contribution >= 4 is 21.6 Å². The molecule has 122 valence electrons. The molecular weight excluding hydrogens is 363 g/mol. The van der Waals surface area contributed by atoms with Crippen LogP contribution in [0.3, 0.4) is 0 Å². The highest BCUT2D eigenvalue weighted by Crippen LogP contribution is 2.27. The van der Waals surface area contributed by atoms with Gasteiger partial charge in [-0.1, -0.05) is 0 Å². The summed E-state index contributed by atoms with van der Waals surface area (Å²) in [5.41, 5.74) is -0.0723. The first-order valence-corrected chi connectivity index (χ1v) is 8.33. The van der Waals surface area contributed by atoms with Crippen LogP contribution in [0.1, 0.15) is 12.8 Å². The maximum Gasteiger partial charge on any atom is 0.250 e. The molecule has 2 aromatic rings. The van der Waals surface area contributed by atoms with Crippen molar-refractivity contribution in [3.05, 3.63) is 63.2 Å². The van der Waals surface area contributed by atoms with E-state index in [0.717, 1.165) is 10.2 Å². The van der Waals surface area contributed by atoms with Gasteiger partial charge in [-0.05, 0) is 59.1 Å². The molecule has 0 atom stereocenters. The molecule has 6 heteroatoms. The van der Waals surface area contributed by atoms with Crippen molar-refractivity contribution in [2.24, 2.45) is 0 Å². The summed E-state index contributed by atoms with van der Waals surface area (Å²) in [4.78, 5) is 14.0. The van der Waals surface area contributed by atoms with Gasteiger partial charge in [-0.3, -0.25) is 4.79 Å². The first-order valence-electron chi connectivity index (χ1n) is 7.54. The van der Waals surface area contributed by atoms with Crippen LogP contribution in [-0.4, -0.2) is 28.4 Å². The zero-order chi connectivity index (χ0) is 16.4. The zero-order valence-corrected chi connectivity index (χ0v) is 14.2. The van der Waals surface area contributed by atoms with Crippen LogP contribution in [0, 0.1) is 5.82 Å². The number of hydrogen-bond donors (Lipinski definition) is 1. The first-order chi connectivity index (χ1) is 11.0. The van der Waals surface area contributed by atoms with E-state index in [9.17, 15) is 14.3 Å². The summed E-state index contributed by atoms with van der Waals surface area (Å²) in [5.74, 6) is -0.253. The van der Waals surface area contributed by atoms with Crippen molar-refractivity contribution in [2.45, 2.75) is 25.0 Å². The van der Waals surface area contributed by atoms with Gasteiger partial charge in [-0.15, -0.1) is 0 Å². The molecule has 0 saturated carbocycles. The van der Waals surface area contributed by atoms with E-state index in [0.29, 0.717) is 25.9 Å². The number of hydrogen-bond acceptors (Lipinski definition) is 3. The van der Waals surface area contributed by atoms with Gasteiger partial charge in [0.15, 0.2) is 0 Å². The van der Waals surface area contributed by atoms with Crippen LogP contribution in [0.15, 0.2) is 51.9 Å². The van der Waals surface area contributed by atoms with Gasteiger partial charge in [0.05, 0.1) is 12.1 Å². The van der Waals surface area contributed by atoms with Crippen molar-refractivity contribution in [3.63, 3.8) is 0 Å². The monoisotopic (exact) mass is 380 g/mol. The molecule has 0 amide bonds. The fourth-order valence-corrected chi connectivity index (χ4v) is 3.31. The van der Waals surface area contributed by atoms with E-state index in [1.807, 2.05) is 0 Å². The number of rotatable bonds is 3. The largest absolute Gasteiger partial charge is 0.388 e. The number of anilines is 1. The minimum Gasteiger partial charge on any atom is -0.388 e. The van der Waals surface area contributed by atoms with Gasteiger partial charge in [0.1, 0.15) is 5.82 Å². The van der Waals surface area contributed by atoms with Gasteiger partial charge in [0.25, 0.3) is 5.56 Å². The number of aliphatic hydroxyl groups is 1. The average molecular weight is 381 g/mol. The molecule has 0 unspecified atom stereocenters. The molecule has 0 bridgehead atoms. The number of pyridine rings is 1. The van der Waals surface area contributed by atoms with Crippen molar-refractivity contribution in [1.82, 2.24) is 4.57 Å². The van der Waals surface area contributed by atoms with E-state index >= 15 is 0 Å². The van der Waals surface area contributed by atoms with E-state index in [4.69, 9.17) is 0 Å². The molecular formula is C17H18BrFN2O2. The summed E-state index contributed by atoms with van der Waals surface area (Å²) in [6.45, 7) is 1.62. The molecule has 0 aliphatic carbocycles. The fraction of sp³-hybridized carbons (Fsp3) is 0.353. The lowest BCUT2D eigenvalue weighted by atomic mass is 9.91. The second-order valence-corrected chi connectivity index (χ2v) is 6.92. The summed E-state index contributed by atoms with van der Waals surface area (Å²) >= 11 is 3.34. The van der Waals surface area contributed by atoms with Crippen LogP contribution >= 0.6 is 15.9 Å². The van der Waals surface area contributed by atoms with Gasteiger partial charge in [-0.2, -0.15) is 0 Å². The topological polar surface area (TPSA) is 45.5 Å². The normalized spacial score (nSPS) is 17.3. The third-order valence-corrected chi connectivity index (χ3v) is 4.77. The third-order valence-electron chi connectivity index (χ3n) is 4.30. The van der Waals surface area contributed by atoms with Crippen molar-refractivity contribution in [2.75, 3.05) is 18.0 Å². The highest BCUT2D eigenvalue weighted by atomic mass is 79.9. The minimum absolute atomic E-state index is 0.123. The molecule has 3 rings (SSSR count). The second-order valence-electron chi connectivity index (χ2n) is 6.00. The van der Waals surface area contributed by atoms with E-state index in [1.165, 1.54) is 22.8 Å². The van der Waals surface area contributed by atoms with Crippen molar-refractivity contribution in [1.29, 1.82) is 0 Å². The van der Waals surface area contributed by atoms with E-state index in [2.05, 4.69) is 20.8 Å². The summed E-state index contributed by atoms with van der Waals surface area (Å²) in [5, 5.41) is 10.8. The Bertz CT molecular complexity index is 737. The lowest BCUT2D eigenvalue weighted by Gasteiger charge is -2.39. The van der Waals surface area contributed by atoms with Gasteiger partial charge in [-0.25, -0.2) is 4.39 Å². The summed E-state index contributed by atoms with van der Waals surface area (Å²) in [7, 11) is 0. The van der Waals surface area contributed by atoms with E-state index < -0.39 is 5.60 Å². The fourth-order valence-electron chi connectivity index (χ4n) is 2.93. The molecule has 0 spiro atoms. The standard InChI is InChI=1S/C17H18BrFN2O2/c18-13-1-6-16(22)21(11-13)12-17(23)7-9-20(10-8-17)15-4-2-14(19)3-5-15/h1-6,11,23H,7-10,12H2. The number of aromatic nitrogens is 1. The molecule has 1 saturated heterocycles. The van der Waals surface area contributed by atoms with Gasteiger partial charge in [0, 0.05) is 35.5 Å². The summed E-state index contributed by atoms with van der Waals surface area (Å²) < 4.78 is 15.3. The summed E-state index contributed by atoms with van der Waals surface area (Å²) in [6, 6.07) is 9.56. The second kappa shape index (κ2) is 6.45. The zero-order valence-electron chi connectivity index (χ0n) is 12.6. The molecule has 1 aliphatic heterocycles. The van der Waals surface area contributed by atoms with Crippen molar-refractivity contribution in [3.8, 4) is 0 Å². The highest BCUT2D eigenvalue weighted by Gasteiger charge is 2.33. The van der Waals surface area contributed by atoms with Crippen LogP contribution in [0.25, 0.3) is 0 Å². The smallest absolute Gasteiger partial charge is 0.250 e. The highest BCUT2D eigenvalue weighted by molar-refractivity contribution is 9.10. The molecule has 1 aromatic carbocycles. The lowest BCUT2D eigenvalue weighted by Crippen LogP contribution is -2.48. The van der Waals surface area contributed by atoms with Gasteiger partial charge in [0.2, 0.25) is 0 Å². The Kier molecular flexibility index (Phi) is 4.55. The van der Waals surface area contributed by atoms with Crippen LogP contribution in [0.2, 0.25) is 0 Å². The Morgan fingerprint density at radius 2 is 1.78 bits per heavy atom. The lowest BCUT2D eigenvalue weighted by molar-refractivity contribution is -0.000935. The molecule has 23 heavy (non-hydrogen) atoms. The van der Waals surface area contributed by atoms with E-state index in [-0.39, 0.29) is 17.9 Å². The van der Waals surface area contributed by atoms with Crippen molar-refractivity contribution < 1.29 is 9.50 Å². The number of benzene rings is 1.